The molecule has 0 N–H and O–H groups in total. The Balaban J connectivity index is 2.84. The number of nitrogens with zero attached hydrogens (tertiary/aromatic N) is 3. The molecule has 0 aliphatic heterocycles. The van der Waals surface area contributed by atoms with E-state index < -0.39 is 0 Å². The fourth-order valence-corrected chi connectivity index (χ4v) is 1.49. The first kappa shape index (κ1) is 8.70. The number of rotatable bonds is 1. The standard InChI is InChI=1S/C10H8FN3/c1-2-9-8-4-3-7(11)5-10(8)14(6-12)13-9/h3-5H,2H2,1H3. The topological polar surface area (TPSA) is 41.6 Å². The third-order valence-electron chi connectivity index (χ3n) is 2.15. The fourth-order valence-electron chi connectivity index (χ4n) is 1.49. The molecule has 0 saturated carbocycles. The first-order valence-electron chi connectivity index (χ1n) is 4.33. The summed E-state index contributed by atoms with van der Waals surface area (Å²) >= 11 is 0. The molecule has 3 nitrogen and oxygen atoms in total. The van der Waals surface area contributed by atoms with E-state index in [9.17, 15) is 4.39 Å². The minimum absolute atomic E-state index is 0.350. The molecule has 0 atom stereocenters. The molecule has 2 aromatic rings. The first-order chi connectivity index (χ1) is 6.76. The predicted molar refractivity (Wildman–Crippen MR) is 50.1 cm³/mol. The van der Waals surface area contributed by atoms with Crippen molar-refractivity contribution in [3.63, 3.8) is 0 Å². The average molecular weight is 189 g/mol. The fraction of sp³-hybridized carbons (Fsp3) is 0.200. The van der Waals surface area contributed by atoms with E-state index >= 15 is 0 Å². The van der Waals surface area contributed by atoms with Crippen LogP contribution in [0.1, 0.15) is 12.6 Å². The van der Waals surface area contributed by atoms with Crippen LogP contribution in [0.4, 0.5) is 4.39 Å². The van der Waals surface area contributed by atoms with E-state index in [4.69, 9.17) is 5.26 Å². The van der Waals surface area contributed by atoms with E-state index in [0.717, 1.165) is 22.2 Å². The van der Waals surface area contributed by atoms with Gasteiger partial charge in [-0.05, 0) is 18.6 Å². The number of aryl methyl sites for hydroxylation is 1. The van der Waals surface area contributed by atoms with E-state index in [-0.39, 0.29) is 5.82 Å². The Kier molecular flexibility index (Phi) is 1.93. The number of hydrogen-bond donors (Lipinski definition) is 0. The Morgan fingerprint density at radius 2 is 2.36 bits per heavy atom. The highest BCUT2D eigenvalue weighted by Gasteiger charge is 2.08. The predicted octanol–water partition coefficient (Wildman–Crippen LogP) is 2.07. The van der Waals surface area contributed by atoms with Crippen molar-refractivity contribution < 1.29 is 4.39 Å². The summed E-state index contributed by atoms with van der Waals surface area (Å²) in [7, 11) is 0. The molecule has 0 aliphatic carbocycles. The lowest BCUT2D eigenvalue weighted by molar-refractivity contribution is 0.629. The van der Waals surface area contributed by atoms with Crippen LogP contribution in [0.5, 0.6) is 0 Å². The Morgan fingerprint density at radius 3 is 3.00 bits per heavy atom. The quantitative estimate of drug-likeness (QED) is 0.689. The van der Waals surface area contributed by atoms with Crippen molar-refractivity contribution in [1.29, 1.82) is 5.26 Å². The van der Waals surface area contributed by atoms with Crippen LogP contribution in [-0.4, -0.2) is 9.78 Å². The lowest BCUT2D eigenvalue weighted by Crippen LogP contribution is -1.90. The summed E-state index contributed by atoms with van der Waals surface area (Å²) in [5.74, 6) is -0.350. The number of halogens is 1. The van der Waals surface area contributed by atoms with Gasteiger partial charge in [0.1, 0.15) is 5.82 Å². The maximum atomic E-state index is 12.9. The SMILES string of the molecule is CCc1nn(C#N)c2cc(F)ccc12. The third-order valence-corrected chi connectivity index (χ3v) is 2.15. The van der Waals surface area contributed by atoms with E-state index in [2.05, 4.69) is 5.10 Å². The van der Waals surface area contributed by atoms with Gasteiger partial charge in [-0.1, -0.05) is 6.92 Å². The zero-order valence-electron chi connectivity index (χ0n) is 7.66. The monoisotopic (exact) mass is 189 g/mol. The highest BCUT2D eigenvalue weighted by atomic mass is 19.1. The molecule has 0 saturated heterocycles. The second-order valence-corrected chi connectivity index (χ2v) is 2.97. The number of nitriles is 1. The maximum Gasteiger partial charge on any atom is 0.206 e. The summed E-state index contributed by atoms with van der Waals surface area (Å²) in [5.41, 5.74) is 1.35. The van der Waals surface area contributed by atoms with Crippen molar-refractivity contribution in [3.05, 3.63) is 29.7 Å². The Hall–Kier alpha value is -1.89. The molecule has 1 heterocycles. The highest BCUT2D eigenvalue weighted by Crippen LogP contribution is 2.19. The third kappa shape index (κ3) is 1.14. The van der Waals surface area contributed by atoms with Crippen molar-refractivity contribution in [2.45, 2.75) is 13.3 Å². The molecule has 0 aliphatic rings. The van der Waals surface area contributed by atoms with Gasteiger partial charge in [0.25, 0.3) is 0 Å². The summed E-state index contributed by atoms with van der Waals surface area (Å²) in [6.45, 7) is 1.95. The van der Waals surface area contributed by atoms with E-state index in [0.29, 0.717) is 5.52 Å². The number of aromatic nitrogens is 2. The van der Waals surface area contributed by atoms with E-state index in [1.165, 1.54) is 12.1 Å². The Bertz CT molecular complexity index is 522. The van der Waals surface area contributed by atoms with Crippen molar-refractivity contribution in [2.24, 2.45) is 0 Å². The zero-order valence-corrected chi connectivity index (χ0v) is 7.66. The van der Waals surface area contributed by atoms with Crippen LogP contribution in [0, 0.1) is 17.3 Å². The summed E-state index contributed by atoms with van der Waals surface area (Å²) in [4.78, 5) is 0. The number of benzene rings is 1. The number of hydrogen-bond acceptors (Lipinski definition) is 2. The van der Waals surface area contributed by atoms with Gasteiger partial charge < -0.3 is 0 Å². The molecule has 2 rings (SSSR count). The van der Waals surface area contributed by atoms with Gasteiger partial charge in [-0.15, -0.1) is 0 Å². The highest BCUT2D eigenvalue weighted by molar-refractivity contribution is 5.82. The second kappa shape index (κ2) is 3.11. The Morgan fingerprint density at radius 1 is 1.57 bits per heavy atom. The molecule has 70 valence electrons. The van der Waals surface area contributed by atoms with Gasteiger partial charge in [0, 0.05) is 11.5 Å². The van der Waals surface area contributed by atoms with Gasteiger partial charge in [-0.25, -0.2) is 4.39 Å². The molecule has 0 fully saturated rings. The molecule has 0 bridgehead atoms. The maximum absolute atomic E-state index is 12.9. The summed E-state index contributed by atoms with van der Waals surface area (Å²) in [6.07, 6.45) is 2.62. The van der Waals surface area contributed by atoms with Gasteiger partial charge in [0.2, 0.25) is 6.19 Å². The number of fused-ring (bicyclic) bond motifs is 1. The molecule has 0 unspecified atom stereocenters. The average Bonchev–Trinajstić information content (AvgIpc) is 2.55. The molecule has 0 radical (unpaired) electrons. The van der Waals surface area contributed by atoms with Crippen LogP contribution in [0.3, 0.4) is 0 Å². The van der Waals surface area contributed by atoms with E-state index in [1.54, 1.807) is 6.07 Å². The lowest BCUT2D eigenvalue weighted by Gasteiger charge is -1.91. The van der Waals surface area contributed by atoms with Gasteiger partial charge in [0.15, 0.2) is 0 Å². The molecule has 4 heteroatoms. The van der Waals surface area contributed by atoms with Crippen molar-refractivity contribution in [3.8, 4) is 6.19 Å². The molecule has 0 amide bonds. The van der Waals surface area contributed by atoms with Gasteiger partial charge in [-0.2, -0.15) is 15.0 Å². The van der Waals surface area contributed by atoms with Crippen molar-refractivity contribution in [2.75, 3.05) is 0 Å². The normalized spacial score (nSPS) is 10.4. The molecule has 1 aromatic carbocycles. The van der Waals surface area contributed by atoms with Crippen LogP contribution in [0.2, 0.25) is 0 Å². The summed E-state index contributed by atoms with van der Waals surface area (Å²) in [6, 6.07) is 4.36. The summed E-state index contributed by atoms with van der Waals surface area (Å²) < 4.78 is 14.1. The minimum atomic E-state index is -0.350. The molecular weight excluding hydrogens is 181 g/mol. The molecular formula is C10H8FN3. The van der Waals surface area contributed by atoms with Crippen molar-refractivity contribution in [1.82, 2.24) is 9.78 Å². The van der Waals surface area contributed by atoms with Crippen LogP contribution in [-0.2, 0) is 6.42 Å². The first-order valence-corrected chi connectivity index (χ1v) is 4.33. The van der Waals surface area contributed by atoms with Crippen LogP contribution < -0.4 is 0 Å². The van der Waals surface area contributed by atoms with E-state index in [1.807, 2.05) is 13.1 Å². The largest absolute Gasteiger partial charge is 0.207 e. The minimum Gasteiger partial charge on any atom is -0.207 e. The van der Waals surface area contributed by atoms with Gasteiger partial charge in [-0.3, -0.25) is 0 Å². The van der Waals surface area contributed by atoms with Gasteiger partial charge >= 0.3 is 0 Å². The molecule has 1 aromatic heterocycles. The smallest absolute Gasteiger partial charge is 0.206 e. The Labute approximate surface area is 80.4 Å². The second-order valence-electron chi connectivity index (χ2n) is 2.97. The molecule has 14 heavy (non-hydrogen) atoms. The van der Waals surface area contributed by atoms with Crippen LogP contribution in [0.15, 0.2) is 18.2 Å². The van der Waals surface area contributed by atoms with Crippen LogP contribution in [0.25, 0.3) is 10.9 Å². The molecule has 0 spiro atoms. The van der Waals surface area contributed by atoms with Crippen molar-refractivity contribution >= 4 is 10.9 Å². The van der Waals surface area contributed by atoms with Crippen LogP contribution >= 0.6 is 0 Å². The zero-order chi connectivity index (χ0) is 10.1. The lowest BCUT2D eigenvalue weighted by atomic mass is 10.2. The van der Waals surface area contributed by atoms with Gasteiger partial charge in [0.05, 0.1) is 11.2 Å². The summed E-state index contributed by atoms with van der Waals surface area (Å²) in [5, 5.41) is 13.7.